The molecule has 2 heterocycles. The maximum absolute atomic E-state index is 8.86. The lowest BCUT2D eigenvalue weighted by Crippen LogP contribution is -2.03. The molecule has 0 radical (unpaired) electrons. The van der Waals surface area contributed by atoms with E-state index in [1.807, 2.05) is 24.3 Å². The summed E-state index contributed by atoms with van der Waals surface area (Å²) in [6.07, 6.45) is 3.17. The number of anilines is 1. The molecule has 0 amide bonds. The first-order valence-corrected chi connectivity index (χ1v) is 6.90. The van der Waals surface area contributed by atoms with E-state index in [-0.39, 0.29) is 6.61 Å². The SMILES string of the molecule is Nc1c(CCCO)cnn1-c1nc2ccccc2s1. The summed E-state index contributed by atoms with van der Waals surface area (Å²) in [5.41, 5.74) is 7.99. The van der Waals surface area contributed by atoms with Crippen molar-refractivity contribution in [1.29, 1.82) is 0 Å². The van der Waals surface area contributed by atoms with Crippen molar-refractivity contribution in [3.8, 4) is 5.13 Å². The van der Waals surface area contributed by atoms with Crippen LogP contribution in [0.25, 0.3) is 15.3 Å². The fourth-order valence-electron chi connectivity index (χ4n) is 1.96. The van der Waals surface area contributed by atoms with Crippen LogP contribution in [0, 0.1) is 0 Å². The van der Waals surface area contributed by atoms with E-state index in [4.69, 9.17) is 10.8 Å². The Balaban J connectivity index is 1.99. The molecule has 5 nitrogen and oxygen atoms in total. The normalized spacial score (nSPS) is 11.2. The highest BCUT2D eigenvalue weighted by Gasteiger charge is 2.12. The van der Waals surface area contributed by atoms with E-state index < -0.39 is 0 Å². The maximum Gasteiger partial charge on any atom is 0.213 e. The summed E-state index contributed by atoms with van der Waals surface area (Å²) < 4.78 is 2.78. The number of para-hydroxylation sites is 1. The molecule has 0 unspecified atom stereocenters. The van der Waals surface area contributed by atoms with Gasteiger partial charge in [-0.1, -0.05) is 23.5 Å². The van der Waals surface area contributed by atoms with Gasteiger partial charge in [-0.25, -0.2) is 4.98 Å². The Morgan fingerprint density at radius 1 is 1.32 bits per heavy atom. The van der Waals surface area contributed by atoms with Gasteiger partial charge >= 0.3 is 0 Å². The zero-order valence-electron chi connectivity index (χ0n) is 10.3. The van der Waals surface area contributed by atoms with Crippen molar-refractivity contribution < 1.29 is 5.11 Å². The van der Waals surface area contributed by atoms with Gasteiger partial charge in [0.1, 0.15) is 5.82 Å². The van der Waals surface area contributed by atoms with Crippen molar-refractivity contribution in [3.63, 3.8) is 0 Å². The van der Waals surface area contributed by atoms with Gasteiger partial charge in [-0.15, -0.1) is 0 Å². The van der Waals surface area contributed by atoms with Crippen LogP contribution in [0.5, 0.6) is 0 Å². The van der Waals surface area contributed by atoms with Gasteiger partial charge in [0.25, 0.3) is 0 Å². The van der Waals surface area contributed by atoms with Gasteiger partial charge in [0, 0.05) is 12.2 Å². The molecule has 0 saturated heterocycles. The lowest BCUT2D eigenvalue weighted by Gasteiger charge is -2.00. The lowest BCUT2D eigenvalue weighted by atomic mass is 10.2. The second-order valence-corrected chi connectivity index (χ2v) is 5.27. The molecule has 3 rings (SSSR count). The van der Waals surface area contributed by atoms with Crippen molar-refractivity contribution in [2.75, 3.05) is 12.3 Å². The highest BCUT2D eigenvalue weighted by molar-refractivity contribution is 7.20. The summed E-state index contributed by atoms with van der Waals surface area (Å²) in [6, 6.07) is 7.96. The standard InChI is InChI=1S/C13H14N4OS/c14-12-9(4-3-7-18)8-15-17(12)13-16-10-5-1-2-6-11(10)19-13/h1-2,5-6,8,18H,3-4,7,14H2. The number of aromatic nitrogens is 3. The molecular formula is C13H14N4OS. The molecule has 2 aromatic heterocycles. The monoisotopic (exact) mass is 274 g/mol. The first-order chi connectivity index (χ1) is 9.29. The minimum absolute atomic E-state index is 0.158. The van der Waals surface area contributed by atoms with Crippen LogP contribution in [0.2, 0.25) is 0 Å². The smallest absolute Gasteiger partial charge is 0.213 e. The van der Waals surface area contributed by atoms with Crippen molar-refractivity contribution >= 4 is 27.4 Å². The Kier molecular flexibility index (Phi) is 3.18. The van der Waals surface area contributed by atoms with Crippen LogP contribution in [0.15, 0.2) is 30.5 Å². The molecule has 0 fully saturated rings. The lowest BCUT2D eigenvalue weighted by molar-refractivity contribution is 0.288. The highest BCUT2D eigenvalue weighted by Crippen LogP contribution is 2.27. The third-order valence-electron chi connectivity index (χ3n) is 2.95. The van der Waals surface area contributed by atoms with Gasteiger partial charge in [0.15, 0.2) is 0 Å². The van der Waals surface area contributed by atoms with E-state index in [0.717, 1.165) is 27.3 Å². The van der Waals surface area contributed by atoms with Crippen LogP contribution in [0.3, 0.4) is 0 Å². The van der Waals surface area contributed by atoms with Crippen molar-refractivity contribution in [3.05, 3.63) is 36.0 Å². The molecule has 0 aliphatic rings. The van der Waals surface area contributed by atoms with Gasteiger partial charge in [-0.05, 0) is 25.0 Å². The minimum atomic E-state index is 0.158. The Hall–Kier alpha value is -1.92. The second-order valence-electron chi connectivity index (χ2n) is 4.26. The highest BCUT2D eigenvalue weighted by atomic mass is 32.1. The molecule has 0 spiro atoms. The van der Waals surface area contributed by atoms with E-state index in [1.54, 1.807) is 22.2 Å². The molecule has 0 atom stereocenters. The van der Waals surface area contributed by atoms with E-state index in [2.05, 4.69) is 10.1 Å². The number of aryl methyl sites for hydroxylation is 1. The Morgan fingerprint density at radius 3 is 2.95 bits per heavy atom. The third-order valence-corrected chi connectivity index (χ3v) is 3.97. The summed E-state index contributed by atoms with van der Waals surface area (Å²) in [4.78, 5) is 4.53. The van der Waals surface area contributed by atoms with Gasteiger partial charge in [0.2, 0.25) is 5.13 Å². The number of hydrogen-bond acceptors (Lipinski definition) is 5. The summed E-state index contributed by atoms with van der Waals surface area (Å²) in [5.74, 6) is 0.604. The minimum Gasteiger partial charge on any atom is -0.396 e. The number of rotatable bonds is 4. The number of thiazole rings is 1. The first-order valence-electron chi connectivity index (χ1n) is 6.09. The predicted molar refractivity (Wildman–Crippen MR) is 76.6 cm³/mol. The van der Waals surface area contributed by atoms with Gasteiger partial charge in [-0.3, -0.25) is 0 Å². The van der Waals surface area contributed by atoms with Crippen LogP contribution in [0.1, 0.15) is 12.0 Å². The summed E-state index contributed by atoms with van der Waals surface area (Å²) >= 11 is 1.56. The first kappa shape index (κ1) is 12.1. The molecule has 1 aromatic carbocycles. The number of aliphatic hydroxyl groups excluding tert-OH is 1. The van der Waals surface area contributed by atoms with Crippen LogP contribution >= 0.6 is 11.3 Å². The van der Waals surface area contributed by atoms with Crippen molar-refractivity contribution in [2.24, 2.45) is 0 Å². The largest absolute Gasteiger partial charge is 0.396 e. The van der Waals surface area contributed by atoms with E-state index in [0.29, 0.717) is 12.2 Å². The van der Waals surface area contributed by atoms with Crippen LogP contribution in [0.4, 0.5) is 5.82 Å². The topological polar surface area (TPSA) is 77.0 Å². The summed E-state index contributed by atoms with van der Waals surface area (Å²) in [5, 5.41) is 13.9. The fraction of sp³-hybridized carbons (Fsp3) is 0.231. The Labute approximate surface area is 114 Å². The number of fused-ring (bicyclic) bond motifs is 1. The molecule has 0 aliphatic carbocycles. The number of nitrogen functional groups attached to an aromatic ring is 1. The zero-order valence-corrected chi connectivity index (χ0v) is 11.1. The quantitative estimate of drug-likeness (QED) is 0.762. The van der Waals surface area contributed by atoms with Crippen LogP contribution in [-0.4, -0.2) is 26.5 Å². The average molecular weight is 274 g/mol. The molecule has 3 aromatic rings. The number of nitrogens with zero attached hydrogens (tertiary/aromatic N) is 3. The Morgan fingerprint density at radius 2 is 2.16 bits per heavy atom. The van der Waals surface area contributed by atoms with E-state index >= 15 is 0 Å². The van der Waals surface area contributed by atoms with E-state index in [9.17, 15) is 0 Å². The number of benzene rings is 1. The number of nitrogens with two attached hydrogens (primary N) is 1. The summed E-state index contributed by atoms with van der Waals surface area (Å²) in [6.45, 7) is 0.158. The molecule has 6 heteroatoms. The molecule has 0 bridgehead atoms. The van der Waals surface area contributed by atoms with Gasteiger partial charge in [0.05, 0.1) is 16.4 Å². The maximum atomic E-state index is 8.86. The third kappa shape index (κ3) is 2.20. The van der Waals surface area contributed by atoms with Crippen molar-refractivity contribution in [2.45, 2.75) is 12.8 Å². The molecule has 0 saturated carbocycles. The molecular weight excluding hydrogens is 260 g/mol. The predicted octanol–water partition coefficient (Wildman–Crippen LogP) is 1.99. The van der Waals surface area contributed by atoms with Crippen LogP contribution < -0.4 is 5.73 Å². The van der Waals surface area contributed by atoms with Gasteiger partial charge < -0.3 is 10.8 Å². The summed E-state index contributed by atoms with van der Waals surface area (Å²) in [7, 11) is 0. The Bertz CT molecular complexity index is 671. The molecule has 19 heavy (non-hydrogen) atoms. The molecule has 98 valence electrons. The van der Waals surface area contributed by atoms with Crippen LogP contribution in [-0.2, 0) is 6.42 Å². The number of hydrogen-bond donors (Lipinski definition) is 2. The van der Waals surface area contributed by atoms with Gasteiger partial charge in [-0.2, -0.15) is 9.78 Å². The molecule has 0 aliphatic heterocycles. The van der Waals surface area contributed by atoms with Crippen molar-refractivity contribution in [1.82, 2.24) is 14.8 Å². The van der Waals surface area contributed by atoms with E-state index in [1.165, 1.54) is 0 Å². The zero-order chi connectivity index (χ0) is 13.2. The average Bonchev–Trinajstić information content (AvgIpc) is 2.99. The number of aliphatic hydroxyl groups is 1. The molecule has 3 N–H and O–H groups in total. The fourth-order valence-corrected chi connectivity index (χ4v) is 2.89. The second kappa shape index (κ2) is 4.99.